The van der Waals surface area contributed by atoms with Gasteiger partial charge in [0.15, 0.2) is 16.9 Å². The Kier molecular flexibility index (Phi) is 12.2. The molecule has 2 aliphatic heterocycles. The molecule has 3 heterocycles. The monoisotopic (exact) mass is 762 g/mol. The number of hydrogen-bond acceptors (Lipinski definition) is 13. The van der Waals surface area contributed by atoms with Crippen molar-refractivity contribution in [2.24, 2.45) is 5.16 Å². The molecule has 0 bridgehead atoms. The van der Waals surface area contributed by atoms with Gasteiger partial charge in [-0.05, 0) is 37.5 Å². The zero-order valence-electron chi connectivity index (χ0n) is 29.0. The first-order valence-corrected chi connectivity index (χ1v) is 18.3. The summed E-state index contributed by atoms with van der Waals surface area (Å²) in [4.78, 5) is 75.8. The number of anilines is 1. The summed E-state index contributed by atoms with van der Waals surface area (Å²) >= 11 is 2.32. The van der Waals surface area contributed by atoms with Crippen molar-refractivity contribution >= 4 is 63.8 Å². The van der Waals surface area contributed by atoms with Crippen LogP contribution in [0.25, 0.3) is 0 Å². The number of nitrogens with two attached hydrogens (primary N) is 1. The van der Waals surface area contributed by atoms with Crippen LogP contribution < -0.4 is 16.4 Å². The minimum Gasteiger partial charge on any atom is -0.477 e. The molecule has 3 amide bonds. The number of fused-ring (bicyclic) bond motifs is 1. The van der Waals surface area contributed by atoms with E-state index in [4.69, 9.17) is 20.0 Å². The van der Waals surface area contributed by atoms with Crippen LogP contribution in [-0.4, -0.2) is 86.0 Å². The highest BCUT2D eigenvalue weighted by atomic mass is 32.2. The maximum atomic E-state index is 13.7. The highest BCUT2D eigenvalue weighted by molar-refractivity contribution is 8.00. The minimum absolute atomic E-state index is 0.0568. The average Bonchev–Trinajstić information content (AvgIpc) is 3.56. The lowest BCUT2D eigenvalue weighted by molar-refractivity contribution is -0.150. The Morgan fingerprint density at radius 3 is 2.30 bits per heavy atom. The van der Waals surface area contributed by atoms with Gasteiger partial charge >= 0.3 is 18.0 Å². The lowest BCUT2D eigenvalue weighted by Crippen LogP contribution is -2.71. The number of thioether (sulfide) groups is 1. The molecule has 278 valence electrons. The smallest absolute Gasteiger partial charge is 0.408 e. The lowest BCUT2D eigenvalue weighted by Gasteiger charge is -2.49. The molecule has 2 unspecified atom stereocenters. The molecule has 0 spiro atoms. The number of oxime groups is 1. The lowest BCUT2D eigenvalue weighted by atomic mass is 10.0. The summed E-state index contributed by atoms with van der Waals surface area (Å²) in [6.07, 6.45) is -0.428. The molecular formula is C36H38N6O9S2. The fourth-order valence-corrected chi connectivity index (χ4v) is 7.26. The van der Waals surface area contributed by atoms with E-state index in [-0.39, 0.29) is 41.0 Å². The first-order chi connectivity index (χ1) is 25.3. The van der Waals surface area contributed by atoms with Crippen LogP contribution >= 0.6 is 23.1 Å². The first kappa shape index (κ1) is 38.5. The van der Waals surface area contributed by atoms with Gasteiger partial charge in [-0.3, -0.25) is 14.5 Å². The van der Waals surface area contributed by atoms with Crippen molar-refractivity contribution in [3.8, 4) is 0 Å². The molecule has 1 aromatic heterocycles. The summed E-state index contributed by atoms with van der Waals surface area (Å²) in [6.45, 7) is 8.38. The Morgan fingerprint density at radius 2 is 1.75 bits per heavy atom. The predicted molar refractivity (Wildman–Crippen MR) is 197 cm³/mol. The van der Waals surface area contributed by atoms with E-state index in [1.165, 1.54) is 23.2 Å². The number of carboxylic acid groups (broad SMARTS) is 1. The van der Waals surface area contributed by atoms with Crippen LogP contribution in [0.5, 0.6) is 0 Å². The van der Waals surface area contributed by atoms with Gasteiger partial charge in [0.05, 0.1) is 0 Å². The molecule has 0 radical (unpaired) electrons. The number of β-lactam (4-membered cyclic amide) rings is 1. The van der Waals surface area contributed by atoms with Gasteiger partial charge in [-0.1, -0.05) is 78.5 Å². The molecule has 0 aliphatic carbocycles. The Balaban J connectivity index is 1.32. The number of thiazole rings is 1. The normalized spacial score (nSPS) is 17.6. The Morgan fingerprint density at radius 1 is 1.11 bits per heavy atom. The highest BCUT2D eigenvalue weighted by Gasteiger charge is 2.54. The number of esters is 1. The van der Waals surface area contributed by atoms with E-state index in [0.29, 0.717) is 16.7 Å². The quantitative estimate of drug-likeness (QED) is 0.0604. The van der Waals surface area contributed by atoms with E-state index >= 15 is 0 Å². The molecule has 17 heteroatoms. The summed E-state index contributed by atoms with van der Waals surface area (Å²) in [5, 5.41) is 19.8. The number of hydrogen-bond donors (Lipinski definition) is 4. The number of carbonyl (C=O) groups excluding carboxylic acids is 4. The highest BCUT2D eigenvalue weighted by Crippen LogP contribution is 2.40. The van der Waals surface area contributed by atoms with Gasteiger partial charge in [0, 0.05) is 17.6 Å². The van der Waals surface area contributed by atoms with Crippen molar-refractivity contribution in [1.29, 1.82) is 0 Å². The third-order valence-corrected chi connectivity index (χ3v) is 9.76. The largest absolute Gasteiger partial charge is 0.477 e. The third kappa shape index (κ3) is 9.41. The molecule has 2 aliphatic rings. The Bertz CT molecular complexity index is 1890. The van der Waals surface area contributed by atoms with Gasteiger partial charge in [0.1, 0.15) is 41.1 Å². The van der Waals surface area contributed by atoms with E-state index in [0.717, 1.165) is 16.2 Å². The topological polar surface area (TPSA) is 212 Å². The van der Waals surface area contributed by atoms with E-state index in [2.05, 4.69) is 27.4 Å². The molecule has 1 fully saturated rings. The standard InChI is InChI=1S/C36H38N6O9S2/c1-5-20-18-52-31-26(30(44)42(31)27(20)32(45)46)40-29(43)25(24-19-53-34(37)38-24)41-49-17-16-23(39-35(48)51-36(2,3)4)33(47)50-28(21-12-8-6-9-13-21)22-14-10-7-11-15-22/h5-15,19,23,26,28,31H,1,16-18H2,2-4H3,(H2,37,38)(H,39,48)(H,40,43)(H,45,46)/t23?,26?,31-/m1/s1. The van der Waals surface area contributed by atoms with Crippen molar-refractivity contribution in [2.45, 2.75) is 56.4 Å². The number of nitrogens with one attached hydrogen (secondary N) is 2. The van der Waals surface area contributed by atoms with Crippen LogP contribution in [-0.2, 0) is 33.5 Å². The van der Waals surface area contributed by atoms with Crippen molar-refractivity contribution in [3.05, 3.63) is 107 Å². The number of allylic oxidation sites excluding steroid dienone is 1. The SMILES string of the molecule is C=CC1=C(C(=O)O)N2C(=O)C(NC(=O)C(=NOCCC(NC(=O)OC(C)(C)C)C(=O)OC(c3ccccc3)c3ccccc3)c3csc(N)n3)[C@H]2SC1. The number of aromatic nitrogens is 1. The number of carboxylic acids is 1. The van der Waals surface area contributed by atoms with Gasteiger partial charge in [0.2, 0.25) is 0 Å². The first-order valence-electron chi connectivity index (χ1n) is 16.3. The van der Waals surface area contributed by atoms with Crippen molar-refractivity contribution in [1.82, 2.24) is 20.5 Å². The zero-order chi connectivity index (χ0) is 38.3. The number of carbonyl (C=O) groups is 5. The van der Waals surface area contributed by atoms with Crippen molar-refractivity contribution in [3.63, 3.8) is 0 Å². The second-order valence-electron chi connectivity index (χ2n) is 12.7. The summed E-state index contributed by atoms with van der Waals surface area (Å²) in [6, 6.07) is 15.9. The Labute approximate surface area is 313 Å². The zero-order valence-corrected chi connectivity index (χ0v) is 30.6. The second-order valence-corrected chi connectivity index (χ2v) is 14.7. The second kappa shape index (κ2) is 16.8. The average molecular weight is 763 g/mol. The molecule has 0 saturated carbocycles. The van der Waals surface area contributed by atoms with Gasteiger partial charge in [0.25, 0.3) is 11.8 Å². The van der Waals surface area contributed by atoms with Crippen molar-refractivity contribution in [2.75, 3.05) is 18.1 Å². The van der Waals surface area contributed by atoms with Gasteiger partial charge in [-0.2, -0.15) is 0 Å². The van der Waals surface area contributed by atoms with E-state index < -0.39 is 59.0 Å². The fraction of sp³-hybridized carbons (Fsp3) is 0.306. The number of ether oxygens (including phenoxy) is 2. The van der Waals surface area contributed by atoms with Crippen LogP contribution in [0.4, 0.5) is 9.93 Å². The van der Waals surface area contributed by atoms with Gasteiger partial charge < -0.3 is 35.8 Å². The van der Waals surface area contributed by atoms with Crippen LogP contribution in [0.3, 0.4) is 0 Å². The molecular weight excluding hydrogens is 725 g/mol. The molecule has 3 aromatic rings. The summed E-state index contributed by atoms with van der Waals surface area (Å²) in [7, 11) is 0. The number of benzene rings is 2. The molecule has 15 nitrogen and oxygen atoms in total. The van der Waals surface area contributed by atoms with Crippen molar-refractivity contribution < 1.29 is 43.4 Å². The number of alkyl carbamates (subject to hydrolysis) is 1. The number of rotatable bonds is 14. The van der Waals surface area contributed by atoms with Gasteiger partial charge in [-0.25, -0.2) is 19.4 Å². The van der Waals surface area contributed by atoms with Crippen LogP contribution in [0.2, 0.25) is 0 Å². The number of aliphatic carboxylic acids is 1. The summed E-state index contributed by atoms with van der Waals surface area (Å²) in [5.41, 5.74) is 6.32. The van der Waals surface area contributed by atoms with E-state index in [1.54, 1.807) is 20.8 Å². The van der Waals surface area contributed by atoms with E-state index in [1.807, 2.05) is 60.7 Å². The van der Waals surface area contributed by atoms with E-state index in [9.17, 15) is 29.1 Å². The Hall–Kier alpha value is -5.68. The maximum absolute atomic E-state index is 13.7. The molecule has 5 rings (SSSR count). The number of amides is 3. The predicted octanol–water partition coefficient (Wildman–Crippen LogP) is 3.99. The molecule has 2 aromatic carbocycles. The number of nitrogens with zero attached hydrogens (tertiary/aromatic N) is 3. The maximum Gasteiger partial charge on any atom is 0.408 e. The summed E-state index contributed by atoms with van der Waals surface area (Å²) < 4.78 is 11.4. The van der Waals surface area contributed by atoms with Crippen LogP contribution in [0, 0.1) is 0 Å². The summed E-state index contributed by atoms with van der Waals surface area (Å²) in [5.74, 6) is -3.24. The van der Waals surface area contributed by atoms with Crippen LogP contribution in [0.1, 0.15) is 50.1 Å². The molecule has 53 heavy (non-hydrogen) atoms. The van der Waals surface area contributed by atoms with Gasteiger partial charge in [-0.15, -0.1) is 23.1 Å². The molecule has 5 N–H and O–H groups in total. The minimum atomic E-state index is -1.28. The third-order valence-electron chi connectivity index (χ3n) is 7.78. The number of nitrogen functional groups attached to an aromatic ring is 1. The fourth-order valence-electron chi connectivity index (χ4n) is 5.37. The molecule has 3 atom stereocenters. The van der Waals surface area contributed by atoms with Crippen LogP contribution in [0.15, 0.2) is 95.1 Å². The molecule has 1 saturated heterocycles.